The maximum Gasteiger partial charge on any atom is 0.0243 e. The lowest BCUT2D eigenvalue weighted by Gasteiger charge is -2.34. The van der Waals surface area contributed by atoms with Crippen molar-refractivity contribution >= 4 is 0 Å². The molecule has 0 spiro atoms. The van der Waals surface area contributed by atoms with Crippen LogP contribution in [0, 0.1) is 0 Å². The Morgan fingerprint density at radius 2 is 1.56 bits per heavy atom. The molecule has 1 aromatic rings. The second-order valence-corrected chi connectivity index (χ2v) is 4.94. The molecule has 2 aliphatic heterocycles. The van der Waals surface area contributed by atoms with Gasteiger partial charge in [0.2, 0.25) is 0 Å². The van der Waals surface area contributed by atoms with Gasteiger partial charge in [0.15, 0.2) is 0 Å². The molecule has 0 radical (unpaired) electrons. The highest BCUT2D eigenvalue weighted by atomic mass is 15.4. The molecule has 0 unspecified atom stereocenters. The standard InChI is InChI=1S/C13H19N3/c14-16-7-5-13(6-8-16)15-9-11-3-1-2-4-12(11)10-15/h1-4,13H,5-10,14H2. The molecule has 0 bridgehead atoms. The number of hydrazine groups is 1. The SMILES string of the molecule is NN1CCC(N2Cc3ccccc3C2)CC1. The van der Waals surface area contributed by atoms with Crippen LogP contribution in [-0.2, 0) is 13.1 Å². The molecule has 2 aliphatic rings. The van der Waals surface area contributed by atoms with E-state index in [4.69, 9.17) is 5.84 Å². The van der Waals surface area contributed by atoms with Gasteiger partial charge >= 0.3 is 0 Å². The van der Waals surface area contributed by atoms with E-state index in [1.54, 1.807) is 0 Å². The number of nitrogens with two attached hydrogens (primary N) is 1. The van der Waals surface area contributed by atoms with Crippen molar-refractivity contribution in [1.29, 1.82) is 0 Å². The molecule has 2 N–H and O–H groups in total. The Hall–Kier alpha value is -0.900. The van der Waals surface area contributed by atoms with E-state index in [-0.39, 0.29) is 0 Å². The van der Waals surface area contributed by atoms with Crippen molar-refractivity contribution in [3.8, 4) is 0 Å². The third-order valence-electron chi connectivity index (χ3n) is 3.88. The van der Waals surface area contributed by atoms with E-state index < -0.39 is 0 Å². The predicted molar refractivity (Wildman–Crippen MR) is 64.5 cm³/mol. The molecule has 0 atom stereocenters. The van der Waals surface area contributed by atoms with Gasteiger partial charge in [-0.3, -0.25) is 10.7 Å². The Bertz CT molecular complexity index is 344. The van der Waals surface area contributed by atoms with Crippen molar-refractivity contribution in [3.63, 3.8) is 0 Å². The van der Waals surface area contributed by atoms with E-state index in [9.17, 15) is 0 Å². The molecule has 1 aromatic carbocycles. The van der Waals surface area contributed by atoms with Gasteiger partial charge in [0.25, 0.3) is 0 Å². The maximum absolute atomic E-state index is 5.79. The van der Waals surface area contributed by atoms with Crippen molar-refractivity contribution < 1.29 is 0 Å². The van der Waals surface area contributed by atoms with E-state index >= 15 is 0 Å². The van der Waals surface area contributed by atoms with Crippen LogP contribution in [0.2, 0.25) is 0 Å². The zero-order valence-corrected chi connectivity index (χ0v) is 9.60. The highest BCUT2D eigenvalue weighted by Crippen LogP contribution is 2.27. The highest BCUT2D eigenvalue weighted by molar-refractivity contribution is 5.30. The Kier molecular flexibility index (Phi) is 2.67. The van der Waals surface area contributed by atoms with Gasteiger partial charge in [-0.15, -0.1) is 0 Å². The first-order valence-electron chi connectivity index (χ1n) is 6.13. The topological polar surface area (TPSA) is 32.5 Å². The van der Waals surface area contributed by atoms with Crippen LogP contribution in [-0.4, -0.2) is 29.0 Å². The van der Waals surface area contributed by atoms with Gasteiger partial charge in [-0.05, 0) is 24.0 Å². The van der Waals surface area contributed by atoms with Gasteiger partial charge in [-0.1, -0.05) is 24.3 Å². The van der Waals surface area contributed by atoms with Gasteiger partial charge in [0.1, 0.15) is 0 Å². The Labute approximate surface area is 96.8 Å². The Morgan fingerprint density at radius 1 is 1.00 bits per heavy atom. The first-order valence-corrected chi connectivity index (χ1v) is 6.13. The summed E-state index contributed by atoms with van der Waals surface area (Å²) in [5.74, 6) is 5.79. The van der Waals surface area contributed by atoms with Gasteiger partial charge in [0.05, 0.1) is 0 Å². The van der Waals surface area contributed by atoms with Crippen molar-refractivity contribution in [1.82, 2.24) is 9.91 Å². The quantitative estimate of drug-likeness (QED) is 0.721. The average molecular weight is 217 g/mol. The fourth-order valence-electron chi connectivity index (χ4n) is 2.87. The molecule has 3 rings (SSSR count). The predicted octanol–water partition coefficient (Wildman–Crippen LogP) is 1.34. The summed E-state index contributed by atoms with van der Waals surface area (Å²) in [6, 6.07) is 9.53. The smallest absolute Gasteiger partial charge is 0.0243 e. The van der Waals surface area contributed by atoms with Gasteiger partial charge in [0, 0.05) is 32.2 Å². The lowest BCUT2D eigenvalue weighted by Crippen LogP contribution is -2.45. The summed E-state index contributed by atoms with van der Waals surface area (Å²) in [6.45, 7) is 4.34. The van der Waals surface area contributed by atoms with Crippen LogP contribution >= 0.6 is 0 Å². The van der Waals surface area contributed by atoms with Crippen LogP contribution < -0.4 is 5.84 Å². The summed E-state index contributed by atoms with van der Waals surface area (Å²) in [5, 5.41) is 1.94. The maximum atomic E-state index is 5.79. The van der Waals surface area contributed by atoms with E-state index in [0.29, 0.717) is 0 Å². The number of hydrogen-bond donors (Lipinski definition) is 1. The molecule has 0 amide bonds. The summed E-state index contributed by atoms with van der Waals surface area (Å²) in [6.07, 6.45) is 2.43. The summed E-state index contributed by atoms with van der Waals surface area (Å²) >= 11 is 0. The van der Waals surface area contributed by atoms with Crippen LogP contribution in [0.3, 0.4) is 0 Å². The first-order chi connectivity index (χ1) is 7.83. The first kappa shape index (κ1) is 10.3. The fraction of sp³-hybridized carbons (Fsp3) is 0.538. The minimum atomic E-state index is 0.729. The van der Waals surface area contributed by atoms with Gasteiger partial charge in [-0.2, -0.15) is 0 Å². The third-order valence-corrected chi connectivity index (χ3v) is 3.88. The summed E-state index contributed by atoms with van der Waals surface area (Å²) < 4.78 is 0. The minimum absolute atomic E-state index is 0.729. The number of nitrogens with zero attached hydrogens (tertiary/aromatic N) is 2. The molecule has 16 heavy (non-hydrogen) atoms. The molecule has 1 saturated heterocycles. The number of benzene rings is 1. The van der Waals surface area contributed by atoms with Crippen LogP contribution in [0.1, 0.15) is 24.0 Å². The molecule has 3 nitrogen and oxygen atoms in total. The van der Waals surface area contributed by atoms with E-state index in [2.05, 4.69) is 29.2 Å². The zero-order chi connectivity index (χ0) is 11.0. The molecule has 0 aliphatic carbocycles. The van der Waals surface area contributed by atoms with Crippen molar-refractivity contribution in [3.05, 3.63) is 35.4 Å². The average Bonchev–Trinajstić information content (AvgIpc) is 2.73. The fourth-order valence-corrected chi connectivity index (χ4v) is 2.87. The largest absolute Gasteiger partial charge is 0.292 e. The molecule has 0 aromatic heterocycles. The molecule has 2 heterocycles. The van der Waals surface area contributed by atoms with Gasteiger partial charge < -0.3 is 0 Å². The highest BCUT2D eigenvalue weighted by Gasteiger charge is 2.27. The molecule has 1 fully saturated rings. The second kappa shape index (κ2) is 4.17. The lowest BCUT2D eigenvalue weighted by molar-refractivity contribution is 0.107. The van der Waals surface area contributed by atoms with E-state index in [1.165, 1.54) is 24.0 Å². The molecular weight excluding hydrogens is 198 g/mol. The number of piperidine rings is 1. The summed E-state index contributed by atoms with van der Waals surface area (Å²) in [5.41, 5.74) is 3.02. The second-order valence-electron chi connectivity index (χ2n) is 4.94. The van der Waals surface area contributed by atoms with Crippen molar-refractivity contribution in [2.24, 2.45) is 5.84 Å². The molecular formula is C13H19N3. The summed E-state index contributed by atoms with van der Waals surface area (Å²) in [4.78, 5) is 2.61. The minimum Gasteiger partial charge on any atom is -0.292 e. The van der Waals surface area contributed by atoms with E-state index in [0.717, 1.165) is 32.2 Å². The van der Waals surface area contributed by atoms with Crippen molar-refractivity contribution in [2.75, 3.05) is 13.1 Å². The number of hydrogen-bond acceptors (Lipinski definition) is 3. The molecule has 0 saturated carbocycles. The number of fused-ring (bicyclic) bond motifs is 1. The summed E-state index contributed by atoms with van der Waals surface area (Å²) in [7, 11) is 0. The van der Waals surface area contributed by atoms with Crippen LogP contribution in [0.25, 0.3) is 0 Å². The van der Waals surface area contributed by atoms with Crippen LogP contribution in [0.15, 0.2) is 24.3 Å². The third kappa shape index (κ3) is 1.86. The van der Waals surface area contributed by atoms with Crippen LogP contribution in [0.5, 0.6) is 0 Å². The molecule has 3 heteroatoms. The van der Waals surface area contributed by atoms with Gasteiger partial charge in [-0.25, -0.2) is 5.01 Å². The monoisotopic (exact) mass is 217 g/mol. The van der Waals surface area contributed by atoms with E-state index in [1.807, 2.05) is 5.01 Å². The Morgan fingerprint density at radius 3 is 2.12 bits per heavy atom. The van der Waals surface area contributed by atoms with Crippen LogP contribution in [0.4, 0.5) is 0 Å². The van der Waals surface area contributed by atoms with Crippen molar-refractivity contribution in [2.45, 2.75) is 32.0 Å². The lowest BCUT2D eigenvalue weighted by atomic mass is 10.0. The number of rotatable bonds is 1. The Balaban J connectivity index is 1.67. The zero-order valence-electron chi connectivity index (χ0n) is 9.60. The normalized spacial score (nSPS) is 23.6. The molecule has 86 valence electrons.